The molecule has 0 saturated carbocycles. The molecule has 0 spiro atoms. The Kier molecular flexibility index (Phi) is 5.98. The van der Waals surface area contributed by atoms with Crippen molar-refractivity contribution in [3.8, 4) is 28.3 Å². The largest absolute Gasteiger partial charge is 0.455 e. The second-order valence-corrected chi connectivity index (χ2v) is 13.5. The molecule has 0 bridgehead atoms. The number of furan rings is 1. The summed E-state index contributed by atoms with van der Waals surface area (Å²) in [5.41, 5.74) is 8.58. The van der Waals surface area contributed by atoms with E-state index in [1.54, 1.807) is 0 Å². The summed E-state index contributed by atoms with van der Waals surface area (Å²) in [5.74, 6) is 0.663. The predicted octanol–water partition coefficient (Wildman–Crippen LogP) is 12.9. The molecule has 3 heterocycles. The van der Waals surface area contributed by atoms with E-state index in [1.165, 1.54) is 16.2 Å². The van der Waals surface area contributed by atoms with Gasteiger partial charge in [0, 0.05) is 48.5 Å². The summed E-state index contributed by atoms with van der Waals surface area (Å²) >= 11 is 6.67. The molecule has 51 heavy (non-hydrogen) atoms. The van der Waals surface area contributed by atoms with Gasteiger partial charge in [0.25, 0.3) is 0 Å². The molecule has 3 aromatic heterocycles. The Morgan fingerprint density at radius 1 is 0.471 bits per heavy atom. The molecular formula is C46H26ClN3O. The van der Waals surface area contributed by atoms with E-state index >= 15 is 0 Å². The van der Waals surface area contributed by atoms with E-state index in [1.807, 2.05) is 36.4 Å². The molecule has 11 rings (SSSR count). The number of fused-ring (bicyclic) bond motifs is 9. The summed E-state index contributed by atoms with van der Waals surface area (Å²) in [6.07, 6.45) is 0. The lowest BCUT2D eigenvalue weighted by molar-refractivity contribution is 0.670. The highest BCUT2D eigenvalue weighted by Gasteiger charge is 2.21. The second kappa shape index (κ2) is 10.8. The maximum Gasteiger partial charge on any atom is 0.161 e. The maximum atomic E-state index is 6.67. The van der Waals surface area contributed by atoms with Gasteiger partial charge in [0.2, 0.25) is 0 Å². The Bertz CT molecular complexity index is 3230. The first kappa shape index (κ1) is 28.4. The quantitative estimate of drug-likeness (QED) is 0.188. The van der Waals surface area contributed by atoms with Gasteiger partial charge in [-0.15, -0.1) is 0 Å². The lowest BCUT2D eigenvalue weighted by Crippen LogP contribution is -1.99. The van der Waals surface area contributed by atoms with Crippen LogP contribution >= 0.6 is 11.6 Å². The number of para-hydroxylation sites is 3. The third-order valence-corrected chi connectivity index (χ3v) is 10.5. The number of rotatable bonds is 3. The third kappa shape index (κ3) is 4.21. The lowest BCUT2D eigenvalue weighted by Gasteiger charge is -2.15. The molecular weight excluding hydrogens is 646 g/mol. The number of hydrogen-bond donors (Lipinski definition) is 0. The summed E-state index contributed by atoms with van der Waals surface area (Å²) in [6.45, 7) is 0. The van der Waals surface area contributed by atoms with Crippen LogP contribution in [-0.4, -0.2) is 14.5 Å². The van der Waals surface area contributed by atoms with Crippen LogP contribution in [0.3, 0.4) is 0 Å². The van der Waals surface area contributed by atoms with Crippen molar-refractivity contribution in [2.24, 2.45) is 0 Å². The first-order chi connectivity index (χ1) is 25.2. The number of aromatic nitrogens is 3. The molecule has 0 unspecified atom stereocenters. The fraction of sp³-hybridized carbons (Fsp3) is 0. The normalized spacial score (nSPS) is 12.0. The predicted molar refractivity (Wildman–Crippen MR) is 212 cm³/mol. The van der Waals surface area contributed by atoms with E-state index in [2.05, 4.69) is 126 Å². The molecule has 4 nitrogen and oxygen atoms in total. The van der Waals surface area contributed by atoms with E-state index in [0.29, 0.717) is 10.8 Å². The van der Waals surface area contributed by atoms with Gasteiger partial charge in [-0.2, -0.15) is 0 Å². The number of nitrogens with zero attached hydrogens (tertiary/aromatic N) is 3. The van der Waals surface area contributed by atoms with Gasteiger partial charge in [-0.25, -0.2) is 9.97 Å². The molecule has 0 amide bonds. The van der Waals surface area contributed by atoms with Crippen LogP contribution in [0.5, 0.6) is 0 Å². The molecule has 0 aliphatic heterocycles. The van der Waals surface area contributed by atoms with Crippen LogP contribution in [0.25, 0.3) is 105 Å². The van der Waals surface area contributed by atoms with Crippen molar-refractivity contribution in [1.82, 2.24) is 14.5 Å². The highest BCUT2D eigenvalue weighted by molar-refractivity contribution is 6.32. The highest BCUT2D eigenvalue weighted by atomic mass is 35.5. The van der Waals surface area contributed by atoms with E-state index in [0.717, 1.165) is 82.5 Å². The molecule has 11 aromatic rings. The maximum absolute atomic E-state index is 6.67. The summed E-state index contributed by atoms with van der Waals surface area (Å²) in [4.78, 5) is 10.5. The molecule has 8 aromatic carbocycles. The summed E-state index contributed by atoms with van der Waals surface area (Å²) < 4.78 is 8.84. The number of benzene rings is 8. The van der Waals surface area contributed by atoms with E-state index < -0.39 is 0 Å². The minimum Gasteiger partial charge on any atom is -0.455 e. The third-order valence-electron chi connectivity index (χ3n) is 10.2. The van der Waals surface area contributed by atoms with E-state index in [4.69, 9.17) is 26.0 Å². The van der Waals surface area contributed by atoms with Crippen molar-refractivity contribution >= 4 is 87.8 Å². The van der Waals surface area contributed by atoms with Gasteiger partial charge < -0.3 is 8.98 Å². The number of hydrogen-bond acceptors (Lipinski definition) is 3. The van der Waals surface area contributed by atoms with Crippen LogP contribution in [0.1, 0.15) is 0 Å². The van der Waals surface area contributed by atoms with Gasteiger partial charge in [-0.3, -0.25) is 0 Å². The SMILES string of the molecule is Clc1ccc2c3cc4ccccc4cc3n(-c3ccc(-c4nc(-c5cccc6c5oc5ccccc56)c5ccccc5n4)c4ccccc34)c2c1. The molecule has 0 N–H and O–H groups in total. The molecule has 0 saturated heterocycles. The van der Waals surface area contributed by atoms with E-state index in [9.17, 15) is 0 Å². The minimum absolute atomic E-state index is 0.663. The van der Waals surface area contributed by atoms with Crippen LogP contribution in [0.15, 0.2) is 162 Å². The zero-order valence-electron chi connectivity index (χ0n) is 27.1. The lowest BCUT2D eigenvalue weighted by atomic mass is 10.00. The summed E-state index contributed by atoms with van der Waals surface area (Å²) in [7, 11) is 0. The topological polar surface area (TPSA) is 43.9 Å². The monoisotopic (exact) mass is 671 g/mol. The van der Waals surface area contributed by atoms with Crippen LogP contribution in [0, 0.1) is 0 Å². The Hall–Kier alpha value is -6.49. The van der Waals surface area contributed by atoms with Gasteiger partial charge in [-0.1, -0.05) is 115 Å². The summed E-state index contributed by atoms with van der Waals surface area (Å²) in [6, 6.07) is 54.9. The van der Waals surface area contributed by atoms with Crippen molar-refractivity contribution in [1.29, 1.82) is 0 Å². The van der Waals surface area contributed by atoms with Gasteiger partial charge in [-0.05, 0) is 70.8 Å². The van der Waals surface area contributed by atoms with Gasteiger partial charge in [0.1, 0.15) is 11.2 Å². The Labute approximate surface area is 296 Å². The standard InChI is InChI=1S/C46H26ClN3O/c47-29-20-21-32-38-24-27-10-1-2-11-28(27)25-41(38)50(42(32)26-29)40-23-22-35(30-12-3-4-13-31(30)40)46-48-39-18-7-5-15-36(39)44(49-46)37-17-9-16-34-33-14-6-8-19-43(33)51-45(34)37/h1-26H. The summed E-state index contributed by atoms with van der Waals surface area (Å²) in [5, 5.41) is 10.8. The van der Waals surface area contributed by atoms with Crippen LogP contribution in [-0.2, 0) is 0 Å². The first-order valence-corrected chi connectivity index (χ1v) is 17.4. The van der Waals surface area contributed by atoms with Crippen LogP contribution in [0.4, 0.5) is 0 Å². The van der Waals surface area contributed by atoms with Crippen molar-refractivity contribution in [3.05, 3.63) is 163 Å². The van der Waals surface area contributed by atoms with Gasteiger partial charge >= 0.3 is 0 Å². The van der Waals surface area contributed by atoms with Crippen molar-refractivity contribution in [2.45, 2.75) is 0 Å². The molecule has 238 valence electrons. The molecule has 0 aliphatic rings. The van der Waals surface area contributed by atoms with Crippen molar-refractivity contribution < 1.29 is 4.42 Å². The zero-order chi connectivity index (χ0) is 33.6. The van der Waals surface area contributed by atoms with Gasteiger partial charge in [0.15, 0.2) is 5.82 Å². The van der Waals surface area contributed by atoms with E-state index in [-0.39, 0.29) is 0 Å². The van der Waals surface area contributed by atoms with Crippen LogP contribution in [0.2, 0.25) is 5.02 Å². The molecule has 5 heteroatoms. The molecule has 0 aliphatic carbocycles. The fourth-order valence-corrected chi connectivity index (χ4v) is 8.11. The second-order valence-electron chi connectivity index (χ2n) is 13.1. The Morgan fingerprint density at radius 3 is 2.06 bits per heavy atom. The average Bonchev–Trinajstić information content (AvgIpc) is 3.71. The van der Waals surface area contributed by atoms with Gasteiger partial charge in [0.05, 0.1) is 27.9 Å². The highest BCUT2D eigenvalue weighted by Crippen LogP contribution is 2.42. The molecule has 0 radical (unpaired) electrons. The molecule has 0 fully saturated rings. The minimum atomic E-state index is 0.663. The average molecular weight is 672 g/mol. The zero-order valence-corrected chi connectivity index (χ0v) is 27.9. The van der Waals surface area contributed by atoms with Crippen LogP contribution < -0.4 is 0 Å². The molecule has 0 atom stereocenters. The smallest absolute Gasteiger partial charge is 0.161 e. The number of halogens is 1. The Balaban J connectivity index is 1.18. The Morgan fingerprint density at radius 2 is 1.18 bits per heavy atom. The first-order valence-electron chi connectivity index (χ1n) is 17.0. The fourth-order valence-electron chi connectivity index (χ4n) is 7.95. The van der Waals surface area contributed by atoms with Crippen molar-refractivity contribution in [2.75, 3.05) is 0 Å². The van der Waals surface area contributed by atoms with Crippen molar-refractivity contribution in [3.63, 3.8) is 0 Å².